The molecule has 0 aromatic heterocycles. The molecule has 156 valence electrons. The van der Waals surface area contributed by atoms with Crippen molar-refractivity contribution in [2.45, 2.75) is 32.3 Å². The van der Waals surface area contributed by atoms with Crippen LogP contribution in [0.1, 0.15) is 42.6 Å². The molecule has 0 saturated carbocycles. The average Bonchev–Trinajstić information content (AvgIpc) is 2.79. The van der Waals surface area contributed by atoms with Crippen molar-refractivity contribution in [3.8, 4) is 16.9 Å². The van der Waals surface area contributed by atoms with Gasteiger partial charge in [0.05, 0.1) is 13.2 Å². The molecule has 3 rings (SSSR count). The van der Waals surface area contributed by atoms with Crippen molar-refractivity contribution in [1.82, 2.24) is 5.32 Å². The van der Waals surface area contributed by atoms with Gasteiger partial charge in [-0.2, -0.15) is 0 Å². The van der Waals surface area contributed by atoms with E-state index in [1.165, 1.54) is 0 Å². The van der Waals surface area contributed by atoms with Crippen molar-refractivity contribution in [2.24, 2.45) is 0 Å². The Morgan fingerprint density at radius 2 is 1.57 bits per heavy atom. The fourth-order valence-electron chi connectivity index (χ4n) is 3.15. The molecule has 0 radical (unpaired) electrons. The highest BCUT2D eigenvalue weighted by Gasteiger charge is 2.24. The summed E-state index contributed by atoms with van der Waals surface area (Å²) < 4.78 is 5.62. The number of benzene rings is 3. The molecule has 0 saturated heterocycles. The zero-order chi connectivity index (χ0) is 21.4. The van der Waals surface area contributed by atoms with E-state index in [2.05, 4.69) is 12.2 Å². The van der Waals surface area contributed by atoms with E-state index in [0.717, 1.165) is 35.3 Å². The zero-order valence-electron chi connectivity index (χ0n) is 17.6. The lowest BCUT2D eigenvalue weighted by molar-refractivity contribution is 0.0526. The molecule has 3 aromatic carbocycles. The number of rotatable bonds is 9. The van der Waals surface area contributed by atoms with Gasteiger partial charge in [-0.15, -0.1) is 0 Å². The summed E-state index contributed by atoms with van der Waals surface area (Å²) in [6.07, 6.45) is 2.08. The Kier molecular flexibility index (Phi) is 7.26. The molecule has 0 spiro atoms. The Labute approximate surface area is 178 Å². The number of carbonyl (C=O) groups is 1. The van der Waals surface area contributed by atoms with Crippen LogP contribution in [0.4, 0.5) is 0 Å². The largest absolute Gasteiger partial charge is 0.494 e. The maximum Gasteiger partial charge on any atom is 0.251 e. The lowest BCUT2D eigenvalue weighted by Crippen LogP contribution is -2.38. The second-order valence-corrected chi connectivity index (χ2v) is 7.63. The van der Waals surface area contributed by atoms with Crippen molar-refractivity contribution in [3.05, 3.63) is 90.0 Å². The van der Waals surface area contributed by atoms with Crippen LogP contribution in [0.15, 0.2) is 78.9 Å². The first kappa shape index (κ1) is 21.6. The van der Waals surface area contributed by atoms with E-state index in [1.54, 1.807) is 31.2 Å². The minimum atomic E-state index is -1.17. The number of unbranched alkanes of at least 4 members (excludes halogenated alkanes) is 1. The molecule has 0 bridgehead atoms. The normalized spacial score (nSPS) is 12.8. The first-order valence-electron chi connectivity index (χ1n) is 10.4. The number of ether oxygens (including phenoxy) is 1. The lowest BCUT2D eigenvalue weighted by Gasteiger charge is -2.24. The molecule has 0 heterocycles. The molecular formula is C26H29NO3. The average molecular weight is 404 g/mol. The second kappa shape index (κ2) is 10.1. The molecule has 30 heavy (non-hydrogen) atoms. The number of hydrogen-bond donors (Lipinski definition) is 2. The summed E-state index contributed by atoms with van der Waals surface area (Å²) in [4.78, 5) is 12.5. The van der Waals surface area contributed by atoms with Gasteiger partial charge in [-0.05, 0) is 54.3 Å². The highest BCUT2D eigenvalue weighted by atomic mass is 16.5. The van der Waals surface area contributed by atoms with Crippen LogP contribution in [-0.2, 0) is 5.60 Å². The van der Waals surface area contributed by atoms with Crippen molar-refractivity contribution < 1.29 is 14.6 Å². The third-order valence-corrected chi connectivity index (χ3v) is 5.09. The van der Waals surface area contributed by atoms with Gasteiger partial charge < -0.3 is 15.2 Å². The van der Waals surface area contributed by atoms with Crippen LogP contribution >= 0.6 is 0 Å². The van der Waals surface area contributed by atoms with Crippen molar-refractivity contribution in [2.75, 3.05) is 13.2 Å². The summed E-state index contributed by atoms with van der Waals surface area (Å²) >= 11 is 0. The van der Waals surface area contributed by atoms with Crippen LogP contribution in [0.25, 0.3) is 11.1 Å². The van der Waals surface area contributed by atoms with Gasteiger partial charge in [-0.3, -0.25) is 4.79 Å². The quantitative estimate of drug-likeness (QED) is 0.485. The number of nitrogens with one attached hydrogen (secondary N) is 1. The van der Waals surface area contributed by atoms with Crippen LogP contribution in [-0.4, -0.2) is 24.2 Å². The molecule has 0 fully saturated rings. The summed E-state index contributed by atoms with van der Waals surface area (Å²) in [5.74, 6) is 0.529. The highest BCUT2D eigenvalue weighted by Crippen LogP contribution is 2.25. The molecule has 1 unspecified atom stereocenters. The Bertz CT molecular complexity index is 932. The summed E-state index contributed by atoms with van der Waals surface area (Å²) in [6.45, 7) is 4.61. The molecule has 3 aromatic rings. The highest BCUT2D eigenvalue weighted by molar-refractivity contribution is 5.94. The minimum absolute atomic E-state index is 0.116. The van der Waals surface area contributed by atoms with Gasteiger partial charge in [-0.1, -0.05) is 67.9 Å². The second-order valence-electron chi connectivity index (χ2n) is 7.63. The molecule has 0 aliphatic rings. The van der Waals surface area contributed by atoms with Crippen molar-refractivity contribution in [1.29, 1.82) is 0 Å². The van der Waals surface area contributed by atoms with E-state index in [9.17, 15) is 9.90 Å². The van der Waals surface area contributed by atoms with Crippen LogP contribution < -0.4 is 10.1 Å². The SMILES string of the molecule is CCCCOc1ccc(C(=O)NCC(C)(O)c2ccc(-c3ccccc3)cc2)cc1. The first-order chi connectivity index (χ1) is 14.5. The number of amides is 1. The molecule has 1 atom stereocenters. The third-order valence-electron chi connectivity index (χ3n) is 5.09. The predicted molar refractivity (Wildman–Crippen MR) is 121 cm³/mol. The standard InChI is InChI=1S/C26H29NO3/c1-3-4-18-30-24-16-12-22(13-17-24)25(28)27-19-26(2,29)23-14-10-21(11-15-23)20-8-6-5-7-9-20/h5-17,29H,3-4,18-19H2,1-2H3,(H,27,28). The fraction of sp³-hybridized carbons (Fsp3) is 0.269. The van der Waals surface area contributed by atoms with Gasteiger partial charge in [-0.25, -0.2) is 0 Å². The Morgan fingerprint density at radius 1 is 0.933 bits per heavy atom. The predicted octanol–water partition coefficient (Wildman–Crippen LogP) is 5.17. The van der Waals surface area contributed by atoms with Crippen LogP contribution in [0, 0.1) is 0 Å². The Morgan fingerprint density at radius 3 is 2.20 bits per heavy atom. The molecule has 4 heteroatoms. The smallest absolute Gasteiger partial charge is 0.251 e. The van der Waals surface area contributed by atoms with E-state index in [-0.39, 0.29) is 12.5 Å². The van der Waals surface area contributed by atoms with Gasteiger partial charge in [0.1, 0.15) is 11.4 Å². The van der Waals surface area contributed by atoms with Crippen LogP contribution in [0.3, 0.4) is 0 Å². The maximum atomic E-state index is 12.5. The lowest BCUT2D eigenvalue weighted by atomic mass is 9.93. The van der Waals surface area contributed by atoms with Crippen molar-refractivity contribution >= 4 is 5.91 Å². The van der Waals surface area contributed by atoms with E-state index < -0.39 is 5.60 Å². The number of hydrogen-bond acceptors (Lipinski definition) is 3. The molecule has 2 N–H and O–H groups in total. The summed E-state index contributed by atoms with van der Waals surface area (Å²) in [6, 6.07) is 24.9. The molecule has 0 aliphatic heterocycles. The van der Waals surface area contributed by atoms with E-state index in [0.29, 0.717) is 12.2 Å². The van der Waals surface area contributed by atoms with Gasteiger partial charge >= 0.3 is 0 Å². The van der Waals surface area contributed by atoms with Crippen molar-refractivity contribution in [3.63, 3.8) is 0 Å². The van der Waals surface area contributed by atoms with E-state index >= 15 is 0 Å². The van der Waals surface area contributed by atoms with Gasteiger partial charge in [0.25, 0.3) is 5.91 Å². The molecule has 0 aliphatic carbocycles. The summed E-state index contributed by atoms with van der Waals surface area (Å²) in [7, 11) is 0. The molecule has 4 nitrogen and oxygen atoms in total. The number of aliphatic hydroxyl groups is 1. The Balaban J connectivity index is 1.58. The number of carbonyl (C=O) groups excluding carboxylic acids is 1. The zero-order valence-corrected chi connectivity index (χ0v) is 17.6. The van der Waals surface area contributed by atoms with Gasteiger partial charge in [0.15, 0.2) is 0 Å². The summed E-state index contributed by atoms with van der Waals surface area (Å²) in [5, 5.41) is 13.7. The third kappa shape index (κ3) is 5.71. The van der Waals surface area contributed by atoms with Crippen LogP contribution in [0.2, 0.25) is 0 Å². The first-order valence-corrected chi connectivity index (χ1v) is 10.4. The monoisotopic (exact) mass is 403 g/mol. The summed E-state index contributed by atoms with van der Waals surface area (Å²) in [5.41, 5.74) is 2.32. The molecule has 1 amide bonds. The van der Waals surface area contributed by atoms with Gasteiger partial charge in [0.2, 0.25) is 0 Å². The molecular weight excluding hydrogens is 374 g/mol. The van der Waals surface area contributed by atoms with Crippen LogP contribution in [0.5, 0.6) is 5.75 Å². The van der Waals surface area contributed by atoms with E-state index in [4.69, 9.17) is 4.74 Å². The topological polar surface area (TPSA) is 58.6 Å². The van der Waals surface area contributed by atoms with E-state index in [1.807, 2.05) is 54.6 Å². The fourth-order valence-corrected chi connectivity index (χ4v) is 3.15. The van der Waals surface area contributed by atoms with Gasteiger partial charge in [0, 0.05) is 5.56 Å². The minimum Gasteiger partial charge on any atom is -0.494 e. The maximum absolute atomic E-state index is 12.5. The Hall–Kier alpha value is -3.11.